The Bertz CT molecular complexity index is 1020. The van der Waals surface area contributed by atoms with Crippen molar-refractivity contribution in [3.8, 4) is 11.5 Å². The molecule has 38 heavy (non-hydrogen) atoms. The second kappa shape index (κ2) is 13.7. The van der Waals surface area contributed by atoms with Gasteiger partial charge in [0, 0.05) is 30.1 Å². The molecule has 2 aliphatic carbocycles. The normalized spacial score (nSPS) is 23.9. The molecule has 2 aromatic carbocycles. The first kappa shape index (κ1) is 28.7. The van der Waals surface area contributed by atoms with Gasteiger partial charge >= 0.3 is 5.97 Å². The highest BCUT2D eigenvalue weighted by Gasteiger charge is 2.41. The van der Waals surface area contributed by atoms with Crippen LogP contribution in [-0.2, 0) is 17.0 Å². The lowest BCUT2D eigenvalue weighted by Crippen LogP contribution is -2.40. The minimum Gasteiger partial charge on any atom is -0.490 e. The van der Waals surface area contributed by atoms with Crippen LogP contribution in [0.3, 0.4) is 0 Å². The molecule has 2 fully saturated rings. The minimum absolute atomic E-state index is 0.187. The summed E-state index contributed by atoms with van der Waals surface area (Å²) >= 11 is 6.29. The van der Waals surface area contributed by atoms with Gasteiger partial charge < -0.3 is 25.0 Å². The summed E-state index contributed by atoms with van der Waals surface area (Å²) in [7, 11) is 0. The number of benzene rings is 2. The summed E-state index contributed by atoms with van der Waals surface area (Å²) in [6.07, 6.45) is 14.0. The van der Waals surface area contributed by atoms with Crippen molar-refractivity contribution in [2.45, 2.75) is 114 Å². The maximum absolute atomic E-state index is 11.1. The molecular weight excluding hydrogens is 502 g/mol. The molecule has 0 spiro atoms. The standard InChI is InChI=1S/C19H19ClO5.C12H23N/c1-12-9-19(23,10-18(21)22)14-7-15(20)17(8-16(14)25-12)24-11-13-5-3-2-4-6-13;1-3-7-11(8-4-1)13-12-9-5-2-6-10-12/h2-8,12,23H,9-11H2,1H3,(H,21,22);11-13H,1-10H2/t12-,19-;/m1./s1. The highest BCUT2D eigenvalue weighted by atomic mass is 35.5. The Morgan fingerprint density at radius 1 is 1.03 bits per heavy atom. The van der Waals surface area contributed by atoms with E-state index in [1.165, 1.54) is 70.3 Å². The zero-order chi connectivity index (χ0) is 27.0. The SMILES string of the molecule is C1CCC(NC2CCCCC2)CC1.C[C@@H]1C[C@@](O)(CC(=O)O)c2cc(Cl)c(OCc3ccccc3)cc2O1. The first-order valence-corrected chi connectivity index (χ1v) is 14.6. The van der Waals surface area contributed by atoms with Crippen LogP contribution in [0.25, 0.3) is 0 Å². The molecule has 0 bridgehead atoms. The highest BCUT2D eigenvalue weighted by molar-refractivity contribution is 6.32. The second-order valence-electron chi connectivity index (χ2n) is 11.1. The van der Waals surface area contributed by atoms with Crippen LogP contribution in [0.4, 0.5) is 0 Å². The van der Waals surface area contributed by atoms with E-state index in [2.05, 4.69) is 5.32 Å². The molecule has 1 aliphatic heterocycles. The van der Waals surface area contributed by atoms with Crippen molar-refractivity contribution in [1.29, 1.82) is 0 Å². The van der Waals surface area contributed by atoms with Crippen LogP contribution in [0.15, 0.2) is 42.5 Å². The van der Waals surface area contributed by atoms with E-state index in [1.807, 2.05) is 30.3 Å². The van der Waals surface area contributed by atoms with Gasteiger partial charge in [0.1, 0.15) is 23.7 Å². The van der Waals surface area contributed by atoms with E-state index in [1.54, 1.807) is 13.0 Å². The monoisotopic (exact) mass is 543 g/mol. The maximum Gasteiger partial charge on any atom is 0.306 e. The molecule has 2 atom stereocenters. The summed E-state index contributed by atoms with van der Waals surface area (Å²) in [5, 5.41) is 24.1. The lowest BCUT2D eigenvalue weighted by molar-refractivity contribution is -0.145. The van der Waals surface area contributed by atoms with E-state index in [0.717, 1.165) is 17.6 Å². The fraction of sp³-hybridized carbons (Fsp3) is 0.581. The minimum atomic E-state index is -1.51. The number of nitrogens with one attached hydrogen (secondary N) is 1. The lowest BCUT2D eigenvalue weighted by Gasteiger charge is -2.37. The Morgan fingerprint density at radius 3 is 2.21 bits per heavy atom. The number of rotatable bonds is 7. The first-order valence-electron chi connectivity index (χ1n) is 14.2. The second-order valence-corrected chi connectivity index (χ2v) is 11.5. The smallest absolute Gasteiger partial charge is 0.306 e. The molecule has 5 rings (SSSR count). The highest BCUT2D eigenvalue weighted by Crippen LogP contribution is 2.45. The van der Waals surface area contributed by atoms with Gasteiger partial charge in [-0.15, -0.1) is 0 Å². The molecule has 6 nitrogen and oxygen atoms in total. The third-order valence-corrected chi connectivity index (χ3v) is 8.15. The lowest BCUT2D eigenvalue weighted by atomic mass is 9.83. The zero-order valence-corrected chi connectivity index (χ0v) is 23.2. The van der Waals surface area contributed by atoms with Crippen LogP contribution in [0.1, 0.15) is 95.1 Å². The van der Waals surface area contributed by atoms with Gasteiger partial charge in [-0.05, 0) is 44.2 Å². The number of halogens is 1. The first-order chi connectivity index (χ1) is 18.3. The number of carbonyl (C=O) groups is 1. The molecule has 0 saturated heterocycles. The van der Waals surface area contributed by atoms with Crippen LogP contribution in [0, 0.1) is 0 Å². The van der Waals surface area contributed by atoms with Gasteiger partial charge in [-0.1, -0.05) is 80.5 Å². The van der Waals surface area contributed by atoms with E-state index >= 15 is 0 Å². The van der Waals surface area contributed by atoms with Crippen molar-refractivity contribution in [2.24, 2.45) is 0 Å². The number of hydrogen-bond donors (Lipinski definition) is 3. The molecule has 2 aromatic rings. The Balaban J connectivity index is 0.000000216. The van der Waals surface area contributed by atoms with Crippen LogP contribution in [-0.4, -0.2) is 34.4 Å². The zero-order valence-electron chi connectivity index (χ0n) is 22.5. The third kappa shape index (κ3) is 8.11. The van der Waals surface area contributed by atoms with Gasteiger partial charge in [-0.25, -0.2) is 0 Å². The van der Waals surface area contributed by atoms with Crippen molar-refractivity contribution in [3.63, 3.8) is 0 Å². The number of aliphatic carboxylic acids is 1. The van der Waals surface area contributed by atoms with E-state index in [9.17, 15) is 9.90 Å². The van der Waals surface area contributed by atoms with Gasteiger partial charge in [-0.3, -0.25) is 4.79 Å². The van der Waals surface area contributed by atoms with Crippen LogP contribution in [0.5, 0.6) is 11.5 Å². The molecule has 3 N–H and O–H groups in total. The molecular formula is C31H42ClNO5. The molecule has 0 unspecified atom stereocenters. The number of fused-ring (bicyclic) bond motifs is 1. The fourth-order valence-electron chi connectivity index (χ4n) is 5.98. The fourth-order valence-corrected chi connectivity index (χ4v) is 6.19. The largest absolute Gasteiger partial charge is 0.490 e. The molecule has 7 heteroatoms. The Morgan fingerprint density at radius 2 is 1.63 bits per heavy atom. The Hall–Kier alpha value is -2.28. The van der Waals surface area contributed by atoms with Crippen molar-refractivity contribution >= 4 is 17.6 Å². The van der Waals surface area contributed by atoms with Crippen LogP contribution in [0.2, 0.25) is 5.02 Å². The van der Waals surface area contributed by atoms with Gasteiger partial charge in [0.2, 0.25) is 0 Å². The van der Waals surface area contributed by atoms with E-state index < -0.39 is 18.0 Å². The molecule has 2 saturated carbocycles. The summed E-state index contributed by atoms with van der Waals surface area (Å²) in [5.41, 5.74) is -0.140. The summed E-state index contributed by atoms with van der Waals surface area (Å²) in [6.45, 7) is 2.13. The van der Waals surface area contributed by atoms with Crippen molar-refractivity contribution in [3.05, 3.63) is 58.6 Å². The third-order valence-electron chi connectivity index (χ3n) is 7.85. The van der Waals surface area contributed by atoms with Crippen molar-refractivity contribution in [2.75, 3.05) is 0 Å². The van der Waals surface area contributed by atoms with E-state index in [-0.39, 0.29) is 12.5 Å². The predicted molar refractivity (Wildman–Crippen MR) is 150 cm³/mol. The molecule has 3 aliphatic rings. The topological polar surface area (TPSA) is 88.0 Å². The number of carboxylic acid groups (broad SMARTS) is 1. The van der Waals surface area contributed by atoms with Crippen molar-refractivity contribution < 1.29 is 24.5 Å². The molecule has 208 valence electrons. The van der Waals surface area contributed by atoms with Gasteiger partial charge in [0.05, 0.1) is 17.5 Å². The molecule has 0 amide bonds. The van der Waals surface area contributed by atoms with Gasteiger partial charge in [0.15, 0.2) is 0 Å². The molecule has 1 heterocycles. The average molecular weight is 544 g/mol. The van der Waals surface area contributed by atoms with E-state index in [0.29, 0.717) is 28.7 Å². The Labute approximate surface area is 231 Å². The van der Waals surface area contributed by atoms with Crippen LogP contribution >= 0.6 is 11.6 Å². The van der Waals surface area contributed by atoms with Crippen molar-refractivity contribution in [1.82, 2.24) is 5.32 Å². The number of ether oxygens (including phenoxy) is 2. The summed E-state index contributed by atoms with van der Waals surface area (Å²) in [6, 6.07) is 14.5. The quantitative estimate of drug-likeness (QED) is 0.348. The predicted octanol–water partition coefficient (Wildman–Crippen LogP) is 6.99. The van der Waals surface area contributed by atoms with Crippen LogP contribution < -0.4 is 14.8 Å². The summed E-state index contributed by atoms with van der Waals surface area (Å²) in [5.74, 6) is -0.255. The van der Waals surface area contributed by atoms with E-state index in [4.69, 9.17) is 26.2 Å². The average Bonchev–Trinajstić information content (AvgIpc) is 2.90. The summed E-state index contributed by atoms with van der Waals surface area (Å²) in [4.78, 5) is 11.1. The Kier molecular flexibility index (Phi) is 10.3. The van der Waals surface area contributed by atoms with Gasteiger partial charge in [-0.2, -0.15) is 0 Å². The summed E-state index contributed by atoms with van der Waals surface area (Å²) < 4.78 is 11.5. The van der Waals surface area contributed by atoms with Gasteiger partial charge in [0.25, 0.3) is 0 Å². The number of hydrogen-bond acceptors (Lipinski definition) is 5. The number of aliphatic hydroxyl groups is 1. The maximum atomic E-state index is 11.1. The number of carboxylic acids is 1. The molecule has 0 radical (unpaired) electrons. The molecule has 0 aromatic heterocycles.